The van der Waals surface area contributed by atoms with E-state index in [4.69, 9.17) is 4.74 Å². The molecule has 0 aromatic heterocycles. The predicted molar refractivity (Wildman–Crippen MR) is 74.7 cm³/mol. The standard InChI is InChI=1S/C16H26O4/c1-5-8-12(13(17)20-15(2,3)4)11-16(14(18)19)9-6-7-10-16/h5,12H,1,6-11H2,2-4H3,(H,18,19)/p-1/t12-/m1/s1. The molecule has 0 saturated heterocycles. The van der Waals surface area contributed by atoms with Crippen molar-refractivity contribution in [3.05, 3.63) is 12.7 Å². The van der Waals surface area contributed by atoms with Crippen molar-refractivity contribution in [2.24, 2.45) is 11.3 Å². The average molecular weight is 281 g/mol. The maximum absolute atomic E-state index is 12.2. The van der Waals surface area contributed by atoms with Crippen molar-refractivity contribution in [1.82, 2.24) is 0 Å². The number of esters is 1. The van der Waals surface area contributed by atoms with E-state index in [0.29, 0.717) is 19.3 Å². The highest BCUT2D eigenvalue weighted by atomic mass is 16.6. The Morgan fingerprint density at radius 2 is 1.90 bits per heavy atom. The van der Waals surface area contributed by atoms with E-state index in [1.54, 1.807) is 26.8 Å². The van der Waals surface area contributed by atoms with Crippen LogP contribution in [0, 0.1) is 11.3 Å². The molecule has 1 aliphatic rings. The first-order valence-electron chi connectivity index (χ1n) is 7.25. The van der Waals surface area contributed by atoms with Gasteiger partial charge in [-0.3, -0.25) is 4.79 Å². The zero-order chi connectivity index (χ0) is 15.4. The van der Waals surface area contributed by atoms with Crippen molar-refractivity contribution in [3.63, 3.8) is 0 Å². The SMILES string of the molecule is C=CC[C@H](CC1(C(=O)[O-])CCCC1)C(=O)OC(C)(C)C. The Morgan fingerprint density at radius 3 is 2.30 bits per heavy atom. The second-order valence-corrected chi connectivity index (χ2v) is 6.73. The van der Waals surface area contributed by atoms with Gasteiger partial charge in [-0.25, -0.2) is 0 Å². The zero-order valence-corrected chi connectivity index (χ0v) is 12.7. The van der Waals surface area contributed by atoms with Crippen molar-refractivity contribution in [2.75, 3.05) is 0 Å². The van der Waals surface area contributed by atoms with Gasteiger partial charge in [0.2, 0.25) is 0 Å². The molecule has 20 heavy (non-hydrogen) atoms. The van der Waals surface area contributed by atoms with Gasteiger partial charge in [0, 0.05) is 11.4 Å². The molecule has 0 aromatic rings. The summed E-state index contributed by atoms with van der Waals surface area (Å²) in [5, 5.41) is 11.5. The van der Waals surface area contributed by atoms with Gasteiger partial charge >= 0.3 is 5.97 Å². The fourth-order valence-electron chi connectivity index (χ4n) is 2.86. The van der Waals surface area contributed by atoms with Crippen LogP contribution in [0.2, 0.25) is 0 Å². The minimum Gasteiger partial charge on any atom is -0.550 e. The normalized spacial score (nSPS) is 19.4. The Hall–Kier alpha value is -1.32. The maximum atomic E-state index is 12.2. The molecule has 0 heterocycles. The smallest absolute Gasteiger partial charge is 0.309 e. The number of hydrogen-bond acceptors (Lipinski definition) is 4. The molecule has 1 fully saturated rings. The molecule has 114 valence electrons. The Morgan fingerprint density at radius 1 is 1.35 bits per heavy atom. The van der Waals surface area contributed by atoms with Crippen LogP contribution >= 0.6 is 0 Å². The minimum absolute atomic E-state index is 0.288. The van der Waals surface area contributed by atoms with Crippen LogP contribution in [-0.2, 0) is 14.3 Å². The van der Waals surface area contributed by atoms with Gasteiger partial charge in [0.1, 0.15) is 5.60 Å². The number of carbonyl (C=O) groups is 2. The Balaban J connectivity index is 2.83. The first-order chi connectivity index (χ1) is 9.20. The summed E-state index contributed by atoms with van der Waals surface area (Å²) in [6, 6.07) is 0. The first-order valence-corrected chi connectivity index (χ1v) is 7.25. The highest BCUT2D eigenvalue weighted by molar-refractivity contribution is 5.77. The van der Waals surface area contributed by atoms with Crippen LogP contribution in [0.25, 0.3) is 0 Å². The molecular weight excluding hydrogens is 256 g/mol. The summed E-state index contributed by atoms with van der Waals surface area (Å²) in [4.78, 5) is 23.7. The van der Waals surface area contributed by atoms with Crippen LogP contribution in [0.5, 0.6) is 0 Å². The van der Waals surface area contributed by atoms with Crippen LogP contribution in [0.4, 0.5) is 0 Å². The first kappa shape index (κ1) is 16.7. The summed E-state index contributed by atoms with van der Waals surface area (Å²) >= 11 is 0. The van der Waals surface area contributed by atoms with Crippen molar-refractivity contribution in [1.29, 1.82) is 0 Å². The van der Waals surface area contributed by atoms with Gasteiger partial charge < -0.3 is 14.6 Å². The number of carbonyl (C=O) groups excluding carboxylic acids is 2. The number of hydrogen-bond donors (Lipinski definition) is 0. The van der Waals surface area contributed by atoms with E-state index in [-0.39, 0.29) is 12.4 Å². The van der Waals surface area contributed by atoms with Crippen molar-refractivity contribution in [3.8, 4) is 0 Å². The molecule has 0 radical (unpaired) electrons. The van der Waals surface area contributed by atoms with E-state index >= 15 is 0 Å². The zero-order valence-electron chi connectivity index (χ0n) is 12.7. The lowest BCUT2D eigenvalue weighted by Crippen LogP contribution is -2.43. The Labute approximate surface area is 121 Å². The van der Waals surface area contributed by atoms with Crippen LogP contribution in [0.1, 0.15) is 59.3 Å². The van der Waals surface area contributed by atoms with Gasteiger partial charge in [-0.05, 0) is 46.5 Å². The minimum atomic E-state index is -1.03. The molecule has 0 bridgehead atoms. The summed E-state index contributed by atoms with van der Waals surface area (Å²) in [5.74, 6) is -1.83. The van der Waals surface area contributed by atoms with E-state index in [0.717, 1.165) is 12.8 Å². The molecule has 0 spiro atoms. The molecule has 4 nitrogen and oxygen atoms in total. The number of carboxylic acids is 1. The van der Waals surface area contributed by atoms with E-state index in [1.165, 1.54) is 0 Å². The second kappa shape index (κ2) is 6.42. The van der Waals surface area contributed by atoms with Gasteiger partial charge in [0.15, 0.2) is 0 Å². The molecular formula is C16H25O4-. The van der Waals surface area contributed by atoms with Gasteiger partial charge in [-0.1, -0.05) is 18.9 Å². The number of aliphatic carboxylic acids is 1. The monoisotopic (exact) mass is 281 g/mol. The molecule has 0 aliphatic heterocycles. The molecule has 1 rings (SSSR count). The van der Waals surface area contributed by atoms with Crippen LogP contribution < -0.4 is 5.11 Å². The van der Waals surface area contributed by atoms with Crippen LogP contribution in [-0.4, -0.2) is 17.5 Å². The average Bonchev–Trinajstić information content (AvgIpc) is 2.76. The summed E-state index contributed by atoms with van der Waals surface area (Å²) in [6.45, 7) is 9.07. The topological polar surface area (TPSA) is 66.4 Å². The van der Waals surface area contributed by atoms with E-state index < -0.39 is 22.9 Å². The molecule has 0 aromatic carbocycles. The van der Waals surface area contributed by atoms with Gasteiger partial charge in [-0.2, -0.15) is 0 Å². The van der Waals surface area contributed by atoms with E-state index in [1.807, 2.05) is 0 Å². The maximum Gasteiger partial charge on any atom is 0.309 e. The third kappa shape index (κ3) is 4.36. The molecule has 0 N–H and O–H groups in total. The fraction of sp³-hybridized carbons (Fsp3) is 0.750. The molecule has 0 amide bonds. The third-order valence-electron chi connectivity index (χ3n) is 3.82. The highest BCUT2D eigenvalue weighted by Crippen LogP contribution is 2.43. The predicted octanol–water partition coefficient (Wildman–Crippen LogP) is 2.22. The van der Waals surface area contributed by atoms with Crippen LogP contribution in [0.15, 0.2) is 12.7 Å². The summed E-state index contributed by atoms with van der Waals surface area (Å²) in [5.41, 5.74) is -1.44. The third-order valence-corrected chi connectivity index (χ3v) is 3.82. The van der Waals surface area contributed by atoms with Crippen molar-refractivity contribution >= 4 is 11.9 Å². The van der Waals surface area contributed by atoms with Gasteiger partial charge in [0.05, 0.1) is 5.92 Å². The largest absolute Gasteiger partial charge is 0.550 e. The van der Waals surface area contributed by atoms with E-state index in [2.05, 4.69) is 6.58 Å². The van der Waals surface area contributed by atoms with Crippen molar-refractivity contribution < 1.29 is 19.4 Å². The lowest BCUT2D eigenvalue weighted by Gasteiger charge is -2.34. The molecule has 1 atom stereocenters. The molecule has 1 aliphatic carbocycles. The molecule has 4 heteroatoms. The quantitative estimate of drug-likeness (QED) is 0.553. The second-order valence-electron chi connectivity index (χ2n) is 6.73. The lowest BCUT2D eigenvalue weighted by atomic mass is 9.76. The summed E-state index contributed by atoms with van der Waals surface area (Å²) in [7, 11) is 0. The van der Waals surface area contributed by atoms with Crippen molar-refractivity contribution in [2.45, 2.75) is 64.9 Å². The Bertz CT molecular complexity index is 372. The van der Waals surface area contributed by atoms with Gasteiger partial charge in [-0.15, -0.1) is 6.58 Å². The summed E-state index contributed by atoms with van der Waals surface area (Å²) in [6.07, 6.45) is 5.30. The van der Waals surface area contributed by atoms with Gasteiger partial charge in [0.25, 0.3) is 0 Å². The number of rotatable bonds is 6. The number of ether oxygens (including phenoxy) is 1. The fourth-order valence-corrected chi connectivity index (χ4v) is 2.86. The van der Waals surface area contributed by atoms with Crippen LogP contribution in [0.3, 0.4) is 0 Å². The number of carboxylic acid groups (broad SMARTS) is 1. The van der Waals surface area contributed by atoms with E-state index in [9.17, 15) is 14.7 Å². The Kier molecular flexibility index (Phi) is 5.37. The molecule has 0 unspecified atom stereocenters. The highest BCUT2D eigenvalue weighted by Gasteiger charge is 2.40. The lowest BCUT2D eigenvalue weighted by molar-refractivity contribution is -0.320. The molecule has 1 saturated carbocycles. The summed E-state index contributed by atoms with van der Waals surface area (Å²) < 4.78 is 5.39. The number of allylic oxidation sites excluding steroid dienone is 1.